The highest BCUT2D eigenvalue weighted by Crippen LogP contribution is 2.24. The first-order chi connectivity index (χ1) is 17.0. The van der Waals surface area contributed by atoms with E-state index < -0.39 is 16.8 Å². The maximum Gasteiger partial charge on any atom is 0.148 e. The summed E-state index contributed by atoms with van der Waals surface area (Å²) in [4.78, 5) is 11.2. The number of fused-ring (bicyclic) bond motifs is 1. The third-order valence-corrected chi connectivity index (χ3v) is 7.17. The summed E-state index contributed by atoms with van der Waals surface area (Å²) in [6.07, 6.45) is 5.20. The van der Waals surface area contributed by atoms with E-state index in [0.29, 0.717) is 27.7 Å². The number of pyridine rings is 2. The SMILES string of the molecule is CN1CCC(NS(=O)c2ccc3cnc(Nc4ccc(-n5ccc(CO)n5)cc4F)cc3n2)CC1. The van der Waals surface area contributed by atoms with Crippen molar-refractivity contribution in [3.05, 3.63) is 66.4 Å². The van der Waals surface area contributed by atoms with Gasteiger partial charge in [-0.3, -0.25) is 0 Å². The number of nitrogens with zero attached hydrogens (tertiary/aromatic N) is 5. The Morgan fingerprint density at radius 1 is 1.17 bits per heavy atom. The monoisotopic (exact) mass is 495 g/mol. The number of piperidine rings is 1. The number of nitrogens with one attached hydrogen (secondary N) is 2. The molecule has 3 aromatic heterocycles. The van der Waals surface area contributed by atoms with Gasteiger partial charge in [0.25, 0.3) is 0 Å². The predicted octanol–water partition coefficient (Wildman–Crippen LogP) is 2.90. The van der Waals surface area contributed by atoms with E-state index in [1.807, 2.05) is 6.07 Å². The molecule has 0 aliphatic carbocycles. The highest BCUT2D eigenvalue weighted by atomic mass is 32.2. The molecule has 0 saturated carbocycles. The van der Waals surface area contributed by atoms with Gasteiger partial charge in [-0.15, -0.1) is 0 Å². The smallest absolute Gasteiger partial charge is 0.148 e. The van der Waals surface area contributed by atoms with E-state index in [-0.39, 0.29) is 18.3 Å². The molecule has 1 aliphatic rings. The van der Waals surface area contributed by atoms with Crippen molar-refractivity contribution in [1.29, 1.82) is 0 Å². The molecule has 1 aliphatic heterocycles. The number of benzene rings is 1. The highest BCUT2D eigenvalue weighted by molar-refractivity contribution is 7.83. The standard InChI is InChI=1S/C24H26FN7O2S/c1-31-9-6-17(7-10-31)30-35(34)24-5-2-16-14-26-23(13-22(16)28-24)27-21-4-3-19(12-20(21)25)32-11-8-18(15-33)29-32/h2-5,8,11-14,17,30,33H,6-7,9-10,15H2,1H3,(H,26,27). The molecule has 4 heterocycles. The Kier molecular flexibility index (Phi) is 6.82. The molecular weight excluding hydrogens is 469 g/mol. The zero-order valence-corrected chi connectivity index (χ0v) is 20.0. The Labute approximate surface area is 204 Å². The number of aliphatic hydroxyl groups is 1. The molecule has 4 aromatic rings. The summed E-state index contributed by atoms with van der Waals surface area (Å²) in [5.41, 5.74) is 1.90. The van der Waals surface area contributed by atoms with Crippen LogP contribution in [-0.4, -0.2) is 60.1 Å². The minimum atomic E-state index is -1.42. The van der Waals surface area contributed by atoms with Crippen LogP contribution in [0.15, 0.2) is 59.9 Å². The molecule has 0 radical (unpaired) electrons. The highest BCUT2D eigenvalue weighted by Gasteiger charge is 2.19. The lowest BCUT2D eigenvalue weighted by Gasteiger charge is -2.28. The van der Waals surface area contributed by atoms with Gasteiger partial charge in [0.05, 0.1) is 29.2 Å². The molecule has 182 valence electrons. The summed E-state index contributed by atoms with van der Waals surface area (Å²) in [7, 11) is 0.668. The average Bonchev–Trinajstić information content (AvgIpc) is 3.36. The Bertz CT molecular complexity index is 1370. The fraction of sp³-hybridized carbons (Fsp3) is 0.292. The van der Waals surface area contributed by atoms with Crippen LogP contribution in [0.4, 0.5) is 15.9 Å². The lowest BCUT2D eigenvalue weighted by Crippen LogP contribution is -2.41. The van der Waals surface area contributed by atoms with Crippen LogP contribution in [0.25, 0.3) is 16.6 Å². The van der Waals surface area contributed by atoms with Crippen molar-refractivity contribution >= 4 is 33.4 Å². The molecule has 0 amide bonds. The van der Waals surface area contributed by atoms with Crippen molar-refractivity contribution in [3.63, 3.8) is 0 Å². The van der Waals surface area contributed by atoms with E-state index >= 15 is 0 Å². The molecule has 0 spiro atoms. The van der Waals surface area contributed by atoms with Gasteiger partial charge in [0.15, 0.2) is 0 Å². The number of likely N-dealkylation sites (tertiary alicyclic amines) is 1. The van der Waals surface area contributed by atoms with Gasteiger partial charge in [0.2, 0.25) is 0 Å². The number of hydrogen-bond acceptors (Lipinski definition) is 7. The first kappa shape index (κ1) is 23.5. The quantitative estimate of drug-likeness (QED) is 0.362. The largest absolute Gasteiger partial charge is 0.390 e. The Morgan fingerprint density at radius 2 is 2.00 bits per heavy atom. The average molecular weight is 496 g/mol. The summed E-state index contributed by atoms with van der Waals surface area (Å²) >= 11 is 0. The molecule has 5 rings (SSSR count). The van der Waals surface area contributed by atoms with E-state index in [4.69, 9.17) is 0 Å². The summed E-state index contributed by atoms with van der Waals surface area (Å²) in [5, 5.41) is 17.6. The minimum Gasteiger partial charge on any atom is -0.390 e. The zero-order chi connectivity index (χ0) is 24.4. The van der Waals surface area contributed by atoms with Crippen LogP contribution in [0.1, 0.15) is 18.5 Å². The maximum absolute atomic E-state index is 14.8. The lowest BCUT2D eigenvalue weighted by atomic mass is 10.1. The van der Waals surface area contributed by atoms with Crippen LogP contribution in [0.3, 0.4) is 0 Å². The van der Waals surface area contributed by atoms with Crippen molar-refractivity contribution < 1.29 is 13.7 Å². The van der Waals surface area contributed by atoms with Crippen LogP contribution in [0.5, 0.6) is 0 Å². The Morgan fingerprint density at radius 3 is 2.74 bits per heavy atom. The number of hydrogen-bond donors (Lipinski definition) is 3. The summed E-state index contributed by atoms with van der Waals surface area (Å²) < 4.78 is 32.3. The van der Waals surface area contributed by atoms with Crippen molar-refractivity contribution in [2.45, 2.75) is 30.5 Å². The number of anilines is 2. The summed E-state index contributed by atoms with van der Waals surface area (Å²) in [6.45, 7) is 1.77. The van der Waals surface area contributed by atoms with E-state index in [0.717, 1.165) is 31.3 Å². The van der Waals surface area contributed by atoms with Crippen molar-refractivity contribution in [3.8, 4) is 5.69 Å². The van der Waals surface area contributed by atoms with E-state index in [2.05, 4.69) is 37.1 Å². The minimum absolute atomic E-state index is 0.180. The fourth-order valence-corrected chi connectivity index (χ4v) is 5.02. The zero-order valence-electron chi connectivity index (χ0n) is 19.2. The second-order valence-electron chi connectivity index (χ2n) is 8.57. The van der Waals surface area contributed by atoms with Crippen LogP contribution in [-0.2, 0) is 17.6 Å². The molecule has 1 unspecified atom stereocenters. The molecule has 3 N–H and O–H groups in total. The molecule has 1 aromatic carbocycles. The van der Waals surface area contributed by atoms with Crippen molar-refractivity contribution in [2.24, 2.45) is 0 Å². The van der Waals surface area contributed by atoms with Crippen LogP contribution >= 0.6 is 0 Å². The number of rotatable bonds is 7. The van der Waals surface area contributed by atoms with Crippen molar-refractivity contribution in [1.82, 2.24) is 29.4 Å². The lowest BCUT2D eigenvalue weighted by molar-refractivity contribution is 0.249. The molecule has 0 bridgehead atoms. The second-order valence-corrected chi connectivity index (χ2v) is 9.77. The normalized spacial score (nSPS) is 16.0. The molecule has 9 nitrogen and oxygen atoms in total. The van der Waals surface area contributed by atoms with E-state index in [1.54, 1.807) is 42.7 Å². The number of halogens is 1. The van der Waals surface area contributed by atoms with Gasteiger partial charge in [-0.25, -0.2) is 28.0 Å². The van der Waals surface area contributed by atoms with Gasteiger partial charge in [0, 0.05) is 36.0 Å². The first-order valence-corrected chi connectivity index (χ1v) is 12.5. The van der Waals surface area contributed by atoms with Crippen LogP contribution in [0, 0.1) is 5.82 Å². The molecule has 35 heavy (non-hydrogen) atoms. The molecule has 1 atom stereocenters. The molecule has 1 saturated heterocycles. The first-order valence-electron chi connectivity index (χ1n) is 11.3. The van der Waals surface area contributed by atoms with Gasteiger partial charge < -0.3 is 15.3 Å². The Balaban J connectivity index is 1.32. The van der Waals surface area contributed by atoms with Crippen molar-refractivity contribution in [2.75, 3.05) is 25.5 Å². The molecule has 11 heteroatoms. The van der Waals surface area contributed by atoms with Crippen LogP contribution < -0.4 is 10.0 Å². The van der Waals surface area contributed by atoms with Gasteiger partial charge in [0.1, 0.15) is 27.6 Å². The summed E-state index contributed by atoms with van der Waals surface area (Å²) in [6, 6.07) is 11.8. The topological polar surface area (TPSA) is 108 Å². The van der Waals surface area contributed by atoms with Gasteiger partial charge in [-0.2, -0.15) is 5.10 Å². The van der Waals surface area contributed by atoms with E-state index in [1.165, 1.54) is 10.7 Å². The predicted molar refractivity (Wildman–Crippen MR) is 132 cm³/mol. The van der Waals surface area contributed by atoms with Gasteiger partial charge in [-0.1, -0.05) is 0 Å². The van der Waals surface area contributed by atoms with E-state index in [9.17, 15) is 13.7 Å². The third-order valence-electron chi connectivity index (χ3n) is 6.02. The molecule has 1 fully saturated rings. The van der Waals surface area contributed by atoms with Gasteiger partial charge >= 0.3 is 0 Å². The second kappa shape index (κ2) is 10.2. The number of aliphatic hydroxyl groups excluding tert-OH is 1. The maximum atomic E-state index is 14.8. The summed E-state index contributed by atoms with van der Waals surface area (Å²) in [5.74, 6) is -0.0555. The van der Waals surface area contributed by atoms with Crippen LogP contribution in [0.2, 0.25) is 0 Å². The Hall–Kier alpha value is -3.25. The van der Waals surface area contributed by atoms with Gasteiger partial charge in [-0.05, 0) is 63.3 Å². The fourth-order valence-electron chi connectivity index (χ4n) is 3.98. The number of aromatic nitrogens is 4. The third kappa shape index (κ3) is 5.38. The molecular formula is C24H26FN7O2S.